The van der Waals surface area contributed by atoms with Gasteiger partial charge in [-0.1, -0.05) is 6.07 Å². The molecule has 1 rings (SSSR count). The molecule has 214 valence electrons. The lowest BCUT2D eigenvalue weighted by Gasteiger charge is -2.40. The van der Waals surface area contributed by atoms with Gasteiger partial charge in [-0.25, -0.2) is 4.98 Å². The van der Waals surface area contributed by atoms with E-state index in [2.05, 4.69) is 4.98 Å². The molecule has 0 radical (unpaired) electrons. The Bertz CT molecular complexity index is 989. The standard InChI is InChI=1S/C15H7F17N2O3/c1-5-3-2-4-33-6(5)34-7(35)8(16,11(20,21)22)36-15(31,32)10(19,13(26,27)28)37-14(29,30)9(17,18)12(23,24)25/h2-4H,1H3,(H,33,34,35). The molecule has 0 aliphatic rings. The average molecular weight is 586 g/mol. The molecule has 0 aromatic carbocycles. The lowest BCUT2D eigenvalue weighted by Crippen LogP contribution is -2.68. The average Bonchev–Trinajstić information content (AvgIpc) is 2.66. The monoisotopic (exact) mass is 586 g/mol. The number of anilines is 1. The van der Waals surface area contributed by atoms with Crippen molar-refractivity contribution in [2.75, 3.05) is 5.32 Å². The third kappa shape index (κ3) is 5.77. The summed E-state index contributed by atoms with van der Waals surface area (Å²) in [5.41, 5.74) is -0.361. The molecule has 2 unspecified atom stereocenters. The fourth-order valence-corrected chi connectivity index (χ4v) is 1.97. The number of pyridine rings is 1. The Labute approximate surface area is 191 Å². The first-order valence-corrected chi connectivity index (χ1v) is 8.42. The van der Waals surface area contributed by atoms with Gasteiger partial charge in [0.15, 0.2) is 0 Å². The Morgan fingerprint density at radius 1 is 0.730 bits per heavy atom. The summed E-state index contributed by atoms with van der Waals surface area (Å²) in [6, 6.07) is 1.97. The van der Waals surface area contributed by atoms with Gasteiger partial charge < -0.3 is 5.32 Å². The Balaban J connectivity index is 3.64. The molecule has 5 nitrogen and oxygen atoms in total. The van der Waals surface area contributed by atoms with Gasteiger partial charge in [0.25, 0.3) is 0 Å². The van der Waals surface area contributed by atoms with Crippen LogP contribution in [0.3, 0.4) is 0 Å². The van der Waals surface area contributed by atoms with Crippen LogP contribution in [0.4, 0.5) is 80.5 Å². The zero-order valence-corrected chi connectivity index (χ0v) is 16.8. The fourth-order valence-electron chi connectivity index (χ4n) is 1.97. The number of nitrogens with one attached hydrogen (secondary N) is 1. The van der Waals surface area contributed by atoms with E-state index in [1.54, 1.807) is 0 Å². The molecule has 2 atom stereocenters. The zero-order chi connectivity index (χ0) is 29.7. The third-order valence-corrected chi connectivity index (χ3v) is 3.90. The number of alkyl halides is 17. The molecule has 1 heterocycles. The van der Waals surface area contributed by atoms with E-state index in [1.165, 1.54) is 4.74 Å². The van der Waals surface area contributed by atoms with Gasteiger partial charge in [-0.15, -0.1) is 0 Å². The van der Waals surface area contributed by atoms with Gasteiger partial charge >= 0.3 is 54.3 Å². The van der Waals surface area contributed by atoms with Crippen molar-refractivity contribution in [1.29, 1.82) is 0 Å². The van der Waals surface area contributed by atoms with E-state index in [0.29, 0.717) is 6.20 Å². The minimum Gasteiger partial charge on any atom is -0.305 e. The van der Waals surface area contributed by atoms with Crippen LogP contribution in [0.5, 0.6) is 0 Å². The van der Waals surface area contributed by atoms with Gasteiger partial charge in [-0.2, -0.15) is 74.6 Å². The molecule has 0 saturated heterocycles. The molecule has 0 bridgehead atoms. The van der Waals surface area contributed by atoms with Crippen LogP contribution in [0.15, 0.2) is 18.3 Å². The van der Waals surface area contributed by atoms with Crippen molar-refractivity contribution in [3.05, 3.63) is 23.9 Å². The zero-order valence-electron chi connectivity index (χ0n) is 16.8. The number of amides is 1. The molecule has 0 saturated carbocycles. The molecule has 0 aliphatic carbocycles. The SMILES string of the molecule is Cc1cccnc1NC(=O)C(F)(OC(F)(F)C(F)(OC(F)(F)C(F)(F)C(F)(F)F)C(F)(F)F)C(F)(F)F. The number of hydrogen-bond acceptors (Lipinski definition) is 4. The molecule has 1 amide bonds. The Hall–Kier alpha value is -2.65. The van der Waals surface area contributed by atoms with E-state index >= 15 is 0 Å². The first kappa shape index (κ1) is 32.4. The lowest BCUT2D eigenvalue weighted by atomic mass is 10.2. The number of halogens is 17. The highest BCUT2D eigenvalue weighted by Gasteiger charge is 2.85. The maximum absolute atomic E-state index is 14.4. The van der Waals surface area contributed by atoms with E-state index in [9.17, 15) is 79.4 Å². The van der Waals surface area contributed by atoms with Gasteiger partial charge in [0.1, 0.15) is 5.82 Å². The van der Waals surface area contributed by atoms with Crippen LogP contribution in [0.2, 0.25) is 0 Å². The van der Waals surface area contributed by atoms with Crippen molar-refractivity contribution in [2.45, 2.75) is 55.3 Å². The van der Waals surface area contributed by atoms with Gasteiger partial charge in [-0.05, 0) is 18.6 Å². The number of aryl methyl sites for hydroxylation is 1. The third-order valence-electron chi connectivity index (χ3n) is 3.90. The molecule has 37 heavy (non-hydrogen) atoms. The van der Waals surface area contributed by atoms with Gasteiger partial charge in [0.2, 0.25) is 0 Å². The van der Waals surface area contributed by atoms with E-state index < -0.39 is 60.1 Å². The number of hydrogen-bond donors (Lipinski definition) is 1. The van der Waals surface area contributed by atoms with Crippen molar-refractivity contribution < 1.29 is 88.9 Å². The quantitative estimate of drug-likeness (QED) is 0.369. The van der Waals surface area contributed by atoms with Crippen LogP contribution in [-0.2, 0) is 14.3 Å². The maximum Gasteiger partial charge on any atom is 0.462 e. The van der Waals surface area contributed by atoms with Gasteiger partial charge in [0, 0.05) is 6.20 Å². The molecular formula is C15H7F17N2O3. The van der Waals surface area contributed by atoms with Crippen LogP contribution < -0.4 is 5.32 Å². The smallest absolute Gasteiger partial charge is 0.305 e. The highest BCUT2D eigenvalue weighted by atomic mass is 19.4. The van der Waals surface area contributed by atoms with Crippen LogP contribution in [-0.4, -0.2) is 59.3 Å². The first-order chi connectivity index (χ1) is 16.1. The summed E-state index contributed by atoms with van der Waals surface area (Å²) >= 11 is 0. The molecule has 0 spiro atoms. The molecule has 22 heteroatoms. The predicted molar refractivity (Wildman–Crippen MR) is 80.5 cm³/mol. The summed E-state index contributed by atoms with van der Waals surface area (Å²) in [5.74, 6) is -27.4. The number of ether oxygens (including phenoxy) is 2. The number of nitrogens with zero attached hydrogens (tertiary/aromatic N) is 1. The lowest BCUT2D eigenvalue weighted by molar-refractivity contribution is -0.548. The summed E-state index contributed by atoms with van der Waals surface area (Å²) in [5, 5.41) is 0.798. The largest absolute Gasteiger partial charge is 0.462 e. The van der Waals surface area contributed by atoms with Crippen molar-refractivity contribution in [2.24, 2.45) is 0 Å². The molecule has 1 aromatic rings. The summed E-state index contributed by atoms with van der Waals surface area (Å²) in [6.07, 6.45) is -38.0. The normalized spacial score (nSPS) is 17.7. The van der Waals surface area contributed by atoms with E-state index in [4.69, 9.17) is 0 Å². The summed E-state index contributed by atoms with van der Waals surface area (Å²) in [6.45, 7) is 0.929. The first-order valence-electron chi connectivity index (χ1n) is 8.42. The Morgan fingerprint density at radius 2 is 1.22 bits per heavy atom. The van der Waals surface area contributed by atoms with E-state index in [0.717, 1.165) is 24.4 Å². The molecule has 0 aliphatic heterocycles. The number of carbonyl (C=O) groups excluding carboxylic acids is 1. The van der Waals surface area contributed by atoms with Crippen molar-refractivity contribution in [1.82, 2.24) is 4.98 Å². The van der Waals surface area contributed by atoms with E-state index in [1.807, 2.05) is 4.74 Å². The second-order valence-electron chi connectivity index (χ2n) is 6.62. The summed E-state index contributed by atoms with van der Waals surface area (Å²) < 4.78 is 226. The molecule has 0 fully saturated rings. The Morgan fingerprint density at radius 3 is 1.59 bits per heavy atom. The minimum absolute atomic E-state index is 0.361. The van der Waals surface area contributed by atoms with Crippen molar-refractivity contribution in [3.63, 3.8) is 0 Å². The topological polar surface area (TPSA) is 60.5 Å². The van der Waals surface area contributed by atoms with Crippen LogP contribution in [0.1, 0.15) is 5.56 Å². The van der Waals surface area contributed by atoms with Crippen LogP contribution in [0.25, 0.3) is 0 Å². The minimum atomic E-state index is -8.07. The molecular weight excluding hydrogens is 579 g/mol. The van der Waals surface area contributed by atoms with Crippen molar-refractivity contribution >= 4 is 11.7 Å². The molecule has 1 aromatic heterocycles. The number of carbonyl (C=O) groups is 1. The second kappa shape index (κ2) is 9.27. The highest BCUT2D eigenvalue weighted by Crippen LogP contribution is 2.56. The Kier molecular flexibility index (Phi) is 8.11. The second-order valence-corrected chi connectivity index (χ2v) is 6.62. The van der Waals surface area contributed by atoms with Crippen molar-refractivity contribution in [3.8, 4) is 0 Å². The number of aromatic nitrogens is 1. The summed E-state index contributed by atoms with van der Waals surface area (Å²) in [7, 11) is 0. The van der Waals surface area contributed by atoms with Gasteiger partial charge in [0.05, 0.1) is 0 Å². The molecule has 1 N–H and O–H groups in total. The van der Waals surface area contributed by atoms with E-state index in [-0.39, 0.29) is 5.56 Å². The fraction of sp³-hybridized carbons (Fsp3) is 0.600. The predicted octanol–water partition coefficient (Wildman–Crippen LogP) is 6.20. The van der Waals surface area contributed by atoms with Crippen LogP contribution >= 0.6 is 0 Å². The number of rotatable bonds is 8. The summed E-state index contributed by atoms with van der Waals surface area (Å²) in [4.78, 5) is 14.8. The highest BCUT2D eigenvalue weighted by molar-refractivity contribution is 5.96. The van der Waals surface area contributed by atoms with Gasteiger partial charge in [-0.3, -0.25) is 14.3 Å². The maximum atomic E-state index is 14.4. The van der Waals surface area contributed by atoms with Crippen LogP contribution in [0, 0.1) is 6.92 Å².